The average Bonchev–Trinajstić information content (AvgIpc) is 2.77. The van der Waals surface area contributed by atoms with E-state index in [0.29, 0.717) is 5.69 Å². The highest BCUT2D eigenvalue weighted by molar-refractivity contribution is 5.68. The molecule has 3 N–H and O–H groups in total. The van der Waals surface area contributed by atoms with E-state index >= 15 is 0 Å². The van der Waals surface area contributed by atoms with Gasteiger partial charge in [-0.1, -0.05) is 0 Å². The molecule has 5 heteroatoms. The summed E-state index contributed by atoms with van der Waals surface area (Å²) in [7, 11) is 3.57. The summed E-state index contributed by atoms with van der Waals surface area (Å²) in [5.74, 6) is 0.768. The molecule has 0 aliphatic rings. The molecule has 0 radical (unpaired) electrons. The number of nitrogens with one attached hydrogen (secondary N) is 1. The Bertz CT molecular complexity index is 521. The first-order valence-electron chi connectivity index (χ1n) is 5.85. The molecule has 1 aromatic heterocycles. The van der Waals surface area contributed by atoms with Crippen LogP contribution < -0.4 is 15.8 Å². The van der Waals surface area contributed by atoms with Gasteiger partial charge in [0.15, 0.2) is 0 Å². The third kappa shape index (κ3) is 2.74. The van der Waals surface area contributed by atoms with Gasteiger partial charge in [-0.15, -0.1) is 0 Å². The molecule has 5 nitrogen and oxygen atoms in total. The monoisotopic (exact) mass is 246 g/mol. The van der Waals surface area contributed by atoms with E-state index in [2.05, 4.69) is 10.4 Å². The minimum absolute atomic E-state index is 0.694. The second-order valence-corrected chi connectivity index (χ2v) is 4.08. The lowest BCUT2D eigenvalue weighted by Crippen LogP contribution is -2.09. The number of rotatable bonds is 5. The van der Waals surface area contributed by atoms with Gasteiger partial charge >= 0.3 is 0 Å². The Morgan fingerprint density at radius 2 is 2.22 bits per heavy atom. The minimum atomic E-state index is 0.694. The lowest BCUT2D eigenvalue weighted by molar-refractivity contribution is 0.415. The van der Waals surface area contributed by atoms with Gasteiger partial charge in [0.25, 0.3) is 0 Å². The number of aryl methyl sites for hydroxylation is 1. The van der Waals surface area contributed by atoms with E-state index in [-0.39, 0.29) is 0 Å². The Morgan fingerprint density at radius 1 is 1.39 bits per heavy atom. The molecule has 0 aliphatic heterocycles. The summed E-state index contributed by atoms with van der Waals surface area (Å²) < 4.78 is 6.98. The van der Waals surface area contributed by atoms with Crippen molar-refractivity contribution in [1.82, 2.24) is 9.78 Å². The fourth-order valence-corrected chi connectivity index (χ4v) is 1.80. The van der Waals surface area contributed by atoms with Crippen LogP contribution in [0.1, 0.15) is 5.69 Å². The quantitative estimate of drug-likeness (QED) is 0.788. The van der Waals surface area contributed by atoms with Crippen molar-refractivity contribution in [2.24, 2.45) is 7.05 Å². The Kier molecular flexibility index (Phi) is 3.72. The molecule has 0 bridgehead atoms. The maximum Gasteiger partial charge on any atom is 0.121 e. The molecule has 0 aliphatic carbocycles. The topological polar surface area (TPSA) is 65.1 Å². The van der Waals surface area contributed by atoms with Crippen molar-refractivity contribution in [2.75, 3.05) is 24.7 Å². The molecule has 0 spiro atoms. The third-order valence-electron chi connectivity index (χ3n) is 2.88. The van der Waals surface area contributed by atoms with Crippen molar-refractivity contribution in [3.63, 3.8) is 0 Å². The number of ether oxygens (including phenoxy) is 1. The van der Waals surface area contributed by atoms with Crippen LogP contribution in [0.5, 0.6) is 5.75 Å². The summed E-state index contributed by atoms with van der Waals surface area (Å²) >= 11 is 0. The Hall–Kier alpha value is -2.17. The van der Waals surface area contributed by atoms with E-state index in [1.165, 1.54) is 5.69 Å². The number of nitrogens with two attached hydrogens (primary N) is 1. The van der Waals surface area contributed by atoms with Crippen LogP contribution in [-0.4, -0.2) is 23.4 Å². The van der Waals surface area contributed by atoms with Crippen LogP contribution in [0.2, 0.25) is 0 Å². The number of benzene rings is 1. The van der Waals surface area contributed by atoms with E-state index < -0.39 is 0 Å². The normalized spacial score (nSPS) is 10.3. The van der Waals surface area contributed by atoms with Gasteiger partial charge in [-0.25, -0.2) is 0 Å². The summed E-state index contributed by atoms with van der Waals surface area (Å²) in [6, 6.07) is 7.64. The average molecular weight is 246 g/mol. The maximum atomic E-state index is 5.93. The van der Waals surface area contributed by atoms with Gasteiger partial charge in [-0.05, 0) is 18.2 Å². The number of hydrogen-bond donors (Lipinski definition) is 2. The number of anilines is 2. The van der Waals surface area contributed by atoms with Crippen LogP contribution in [0, 0.1) is 0 Å². The molecule has 2 aromatic rings. The molecule has 0 unspecified atom stereocenters. The summed E-state index contributed by atoms with van der Waals surface area (Å²) in [6.07, 6.45) is 2.71. The highest BCUT2D eigenvalue weighted by Gasteiger charge is 2.02. The summed E-state index contributed by atoms with van der Waals surface area (Å²) in [6.45, 7) is 0.816. The SMILES string of the molecule is COc1ccc(NCCc2ccnn2C)c(N)c1. The molecule has 0 saturated carbocycles. The molecule has 2 rings (SSSR count). The third-order valence-corrected chi connectivity index (χ3v) is 2.88. The van der Waals surface area contributed by atoms with Crippen LogP contribution in [0.4, 0.5) is 11.4 Å². The van der Waals surface area contributed by atoms with Crippen molar-refractivity contribution in [1.29, 1.82) is 0 Å². The summed E-state index contributed by atoms with van der Waals surface area (Å²) in [4.78, 5) is 0. The zero-order chi connectivity index (χ0) is 13.0. The smallest absolute Gasteiger partial charge is 0.121 e. The van der Waals surface area contributed by atoms with Crippen molar-refractivity contribution < 1.29 is 4.74 Å². The van der Waals surface area contributed by atoms with Crippen molar-refractivity contribution in [2.45, 2.75) is 6.42 Å². The first kappa shape index (κ1) is 12.3. The molecule has 0 amide bonds. The molecule has 1 aromatic carbocycles. The zero-order valence-electron chi connectivity index (χ0n) is 10.7. The van der Waals surface area contributed by atoms with Crippen LogP contribution in [0.3, 0.4) is 0 Å². The van der Waals surface area contributed by atoms with E-state index in [9.17, 15) is 0 Å². The fraction of sp³-hybridized carbons (Fsp3) is 0.308. The largest absolute Gasteiger partial charge is 0.497 e. The molecule has 96 valence electrons. The fourth-order valence-electron chi connectivity index (χ4n) is 1.80. The summed E-state index contributed by atoms with van der Waals surface area (Å²) in [5.41, 5.74) is 8.74. The number of hydrogen-bond acceptors (Lipinski definition) is 4. The minimum Gasteiger partial charge on any atom is -0.497 e. The van der Waals surface area contributed by atoms with Gasteiger partial charge < -0.3 is 15.8 Å². The molecular weight excluding hydrogens is 228 g/mol. The summed E-state index contributed by atoms with van der Waals surface area (Å²) in [5, 5.41) is 7.44. The highest BCUT2D eigenvalue weighted by Crippen LogP contribution is 2.23. The van der Waals surface area contributed by atoms with Gasteiger partial charge in [0.2, 0.25) is 0 Å². The lowest BCUT2D eigenvalue weighted by atomic mass is 10.2. The molecule has 1 heterocycles. The predicted molar refractivity (Wildman–Crippen MR) is 72.8 cm³/mol. The number of nitrogens with zero attached hydrogens (tertiary/aromatic N) is 2. The van der Waals surface area contributed by atoms with E-state index in [0.717, 1.165) is 24.4 Å². The zero-order valence-corrected chi connectivity index (χ0v) is 10.7. The molecule has 0 atom stereocenters. The standard InChI is InChI=1S/C13H18N4O/c1-17-10(6-8-16-17)5-7-15-13-4-3-11(18-2)9-12(13)14/h3-4,6,8-9,15H,5,7,14H2,1-2H3. The van der Waals surface area contributed by atoms with Crippen molar-refractivity contribution >= 4 is 11.4 Å². The second-order valence-electron chi connectivity index (χ2n) is 4.08. The maximum absolute atomic E-state index is 5.93. The van der Waals surface area contributed by atoms with Crippen LogP contribution in [0.15, 0.2) is 30.5 Å². The van der Waals surface area contributed by atoms with Gasteiger partial charge in [0.1, 0.15) is 5.75 Å². The lowest BCUT2D eigenvalue weighted by Gasteiger charge is -2.10. The van der Waals surface area contributed by atoms with Gasteiger partial charge in [0, 0.05) is 38.0 Å². The van der Waals surface area contributed by atoms with Crippen LogP contribution >= 0.6 is 0 Å². The van der Waals surface area contributed by atoms with E-state index in [1.54, 1.807) is 13.3 Å². The van der Waals surface area contributed by atoms with Crippen LogP contribution in [0.25, 0.3) is 0 Å². The van der Waals surface area contributed by atoms with Gasteiger partial charge in [-0.3, -0.25) is 4.68 Å². The Morgan fingerprint density at radius 3 is 2.83 bits per heavy atom. The van der Waals surface area contributed by atoms with E-state index in [1.807, 2.05) is 36.0 Å². The number of methoxy groups -OCH3 is 1. The van der Waals surface area contributed by atoms with E-state index in [4.69, 9.17) is 10.5 Å². The number of aromatic nitrogens is 2. The number of nitrogen functional groups attached to an aromatic ring is 1. The second kappa shape index (κ2) is 5.44. The molecule has 0 fully saturated rings. The van der Waals surface area contributed by atoms with Gasteiger partial charge in [0.05, 0.1) is 18.5 Å². The molecule has 0 saturated heterocycles. The first-order chi connectivity index (χ1) is 8.70. The van der Waals surface area contributed by atoms with Crippen molar-refractivity contribution in [3.8, 4) is 5.75 Å². The molecule has 18 heavy (non-hydrogen) atoms. The molecular formula is C13H18N4O. The van der Waals surface area contributed by atoms with Gasteiger partial charge in [-0.2, -0.15) is 5.10 Å². The van der Waals surface area contributed by atoms with Crippen LogP contribution in [-0.2, 0) is 13.5 Å². The predicted octanol–water partition coefficient (Wildman–Crippen LogP) is 1.67. The van der Waals surface area contributed by atoms with Crippen molar-refractivity contribution in [3.05, 3.63) is 36.2 Å². The Balaban J connectivity index is 1.92. The highest BCUT2D eigenvalue weighted by atomic mass is 16.5. The first-order valence-corrected chi connectivity index (χ1v) is 5.85. The Labute approximate surface area is 107 Å².